The first-order valence-corrected chi connectivity index (χ1v) is 8.81. The number of amides is 1. The fourth-order valence-electron chi connectivity index (χ4n) is 2.70. The number of carbonyl (C=O) groups excluding carboxylic acids is 3. The molecule has 1 aliphatic carbocycles. The first kappa shape index (κ1) is 22.4. The number of halogens is 2. The summed E-state index contributed by atoms with van der Waals surface area (Å²) in [5, 5.41) is 2.62. The summed E-state index contributed by atoms with van der Waals surface area (Å²) in [6.07, 6.45) is -0.642. The van der Waals surface area contributed by atoms with Gasteiger partial charge >= 0.3 is 18.0 Å². The molecule has 0 atom stereocenters. The van der Waals surface area contributed by atoms with E-state index in [0.717, 1.165) is 14.2 Å². The molecule has 1 N–H and O–H groups in total. The highest BCUT2D eigenvalue weighted by atomic mass is 19.1. The predicted octanol–water partition coefficient (Wildman–Crippen LogP) is 2.97. The molecule has 1 aliphatic rings. The van der Waals surface area contributed by atoms with E-state index in [9.17, 15) is 23.2 Å². The summed E-state index contributed by atoms with van der Waals surface area (Å²) >= 11 is 0. The average Bonchev–Trinajstić information content (AvgIpc) is 2.59. The van der Waals surface area contributed by atoms with E-state index in [1.807, 2.05) is 0 Å². The van der Waals surface area contributed by atoms with E-state index < -0.39 is 58.2 Å². The third kappa shape index (κ3) is 5.33. The van der Waals surface area contributed by atoms with Crippen LogP contribution in [-0.2, 0) is 14.2 Å². The van der Waals surface area contributed by atoms with E-state index in [-0.39, 0.29) is 18.9 Å². The van der Waals surface area contributed by atoms with Gasteiger partial charge in [0.05, 0.1) is 19.8 Å². The van der Waals surface area contributed by atoms with Crippen molar-refractivity contribution in [3.63, 3.8) is 0 Å². The molecular weight excluding hydrogens is 392 g/mol. The first-order valence-electron chi connectivity index (χ1n) is 8.81. The molecule has 0 spiro atoms. The molecule has 160 valence electrons. The van der Waals surface area contributed by atoms with Crippen LogP contribution in [0.5, 0.6) is 5.75 Å². The Morgan fingerprint density at radius 1 is 1.07 bits per heavy atom. The van der Waals surface area contributed by atoms with Crippen molar-refractivity contribution in [2.75, 3.05) is 14.2 Å². The molecule has 1 fully saturated rings. The fourth-order valence-corrected chi connectivity index (χ4v) is 2.70. The van der Waals surface area contributed by atoms with Crippen LogP contribution in [0, 0.1) is 11.6 Å². The van der Waals surface area contributed by atoms with Gasteiger partial charge in [0.1, 0.15) is 17.3 Å². The molecule has 1 aromatic carbocycles. The summed E-state index contributed by atoms with van der Waals surface area (Å²) in [6.45, 7) is 5.17. The molecule has 29 heavy (non-hydrogen) atoms. The summed E-state index contributed by atoms with van der Waals surface area (Å²) < 4.78 is 48.5. The van der Waals surface area contributed by atoms with Crippen LogP contribution in [0.1, 0.15) is 54.3 Å². The number of nitrogens with one attached hydrogen (secondary N) is 1. The number of rotatable bonds is 5. The molecule has 8 nitrogen and oxygen atoms in total. The number of esters is 2. The molecule has 0 heterocycles. The minimum Gasteiger partial charge on any atom is -0.484 e. The lowest BCUT2D eigenvalue weighted by atomic mass is 9.89. The van der Waals surface area contributed by atoms with Crippen molar-refractivity contribution >= 4 is 18.0 Å². The Morgan fingerprint density at radius 3 is 2.17 bits per heavy atom. The number of methoxy groups -OCH3 is 2. The van der Waals surface area contributed by atoms with E-state index in [1.165, 1.54) is 0 Å². The fraction of sp³-hybridized carbons (Fsp3) is 0.526. The summed E-state index contributed by atoms with van der Waals surface area (Å²) in [7, 11) is 2.00. The van der Waals surface area contributed by atoms with Crippen molar-refractivity contribution in [3.8, 4) is 5.75 Å². The second-order valence-electron chi connectivity index (χ2n) is 7.46. The summed E-state index contributed by atoms with van der Waals surface area (Å²) in [6, 6.07) is 0.376. The number of benzene rings is 1. The maximum atomic E-state index is 14.8. The van der Waals surface area contributed by atoms with Crippen LogP contribution in [0.3, 0.4) is 0 Å². The molecular formula is C19H23F2NO7. The summed E-state index contributed by atoms with van der Waals surface area (Å²) in [4.78, 5) is 35.4. The second-order valence-corrected chi connectivity index (χ2v) is 7.46. The molecule has 0 saturated heterocycles. The molecule has 1 amide bonds. The van der Waals surface area contributed by atoms with Crippen LogP contribution in [0.15, 0.2) is 6.07 Å². The van der Waals surface area contributed by atoms with Gasteiger partial charge in [0, 0.05) is 18.9 Å². The smallest absolute Gasteiger partial charge is 0.407 e. The average molecular weight is 415 g/mol. The highest BCUT2D eigenvalue weighted by molar-refractivity contribution is 6.03. The number of carbonyl (C=O) groups is 3. The van der Waals surface area contributed by atoms with Gasteiger partial charge in [-0.05, 0) is 26.8 Å². The molecule has 1 aromatic rings. The lowest BCUT2D eigenvalue weighted by molar-refractivity contribution is 0.0343. The molecule has 0 aromatic heterocycles. The number of hydrogen-bond donors (Lipinski definition) is 1. The lowest BCUT2D eigenvalue weighted by Gasteiger charge is -2.36. The lowest BCUT2D eigenvalue weighted by Crippen LogP contribution is -2.50. The van der Waals surface area contributed by atoms with E-state index in [0.29, 0.717) is 6.07 Å². The van der Waals surface area contributed by atoms with Gasteiger partial charge in [0.25, 0.3) is 0 Å². The highest BCUT2D eigenvalue weighted by Gasteiger charge is 2.36. The number of hydrogen-bond acceptors (Lipinski definition) is 7. The van der Waals surface area contributed by atoms with Gasteiger partial charge in [0.15, 0.2) is 17.4 Å². The zero-order valence-corrected chi connectivity index (χ0v) is 16.8. The Balaban J connectivity index is 2.12. The Hall–Kier alpha value is -2.91. The van der Waals surface area contributed by atoms with Crippen molar-refractivity contribution in [2.24, 2.45) is 0 Å². The van der Waals surface area contributed by atoms with Crippen LogP contribution < -0.4 is 10.1 Å². The van der Waals surface area contributed by atoms with Gasteiger partial charge in [-0.2, -0.15) is 0 Å². The maximum Gasteiger partial charge on any atom is 0.407 e. The van der Waals surface area contributed by atoms with Crippen LogP contribution >= 0.6 is 0 Å². The Bertz CT molecular complexity index is 814. The Labute approximate surface area is 166 Å². The van der Waals surface area contributed by atoms with E-state index >= 15 is 0 Å². The molecule has 2 rings (SSSR count). The molecule has 1 saturated carbocycles. The van der Waals surface area contributed by atoms with Crippen molar-refractivity contribution < 1.29 is 42.1 Å². The molecule has 10 heteroatoms. The largest absolute Gasteiger partial charge is 0.484 e. The quantitative estimate of drug-likeness (QED) is 0.583. The standard InChI is InChI=1S/C19H23F2NO7/c1-19(2,3)29-18(25)22-9-6-10(7-9)28-15-12(20)8-11(16(23)26-4)13(14(15)21)17(24)27-5/h8-10H,6-7H2,1-5H3,(H,22,25)/t9-,10-. The first-order chi connectivity index (χ1) is 13.5. The van der Waals surface area contributed by atoms with Crippen molar-refractivity contribution in [3.05, 3.63) is 28.8 Å². The number of ether oxygens (including phenoxy) is 4. The SMILES string of the molecule is COC(=O)c1cc(F)c(O[C@H]2C[C@H](NC(=O)OC(C)(C)C)C2)c(F)c1C(=O)OC. The van der Waals surface area contributed by atoms with E-state index in [1.54, 1.807) is 20.8 Å². The number of alkyl carbamates (subject to hydrolysis) is 1. The molecule has 0 bridgehead atoms. The second kappa shape index (κ2) is 8.62. The monoisotopic (exact) mass is 415 g/mol. The van der Waals surface area contributed by atoms with Crippen LogP contribution in [0.25, 0.3) is 0 Å². The Morgan fingerprint density at radius 2 is 1.66 bits per heavy atom. The topological polar surface area (TPSA) is 100 Å². The maximum absolute atomic E-state index is 14.8. The van der Waals surface area contributed by atoms with Gasteiger partial charge in [0.2, 0.25) is 0 Å². The van der Waals surface area contributed by atoms with Gasteiger partial charge in [-0.25, -0.2) is 23.2 Å². The minimum absolute atomic E-state index is 0.282. The van der Waals surface area contributed by atoms with Crippen molar-refractivity contribution in [1.29, 1.82) is 0 Å². The molecule has 0 radical (unpaired) electrons. The predicted molar refractivity (Wildman–Crippen MR) is 95.8 cm³/mol. The highest BCUT2D eigenvalue weighted by Crippen LogP contribution is 2.33. The summed E-state index contributed by atoms with van der Waals surface area (Å²) in [5.74, 6) is -5.61. The molecule has 0 unspecified atom stereocenters. The van der Waals surface area contributed by atoms with Gasteiger partial charge in [-0.15, -0.1) is 0 Å². The van der Waals surface area contributed by atoms with Gasteiger partial charge in [-0.1, -0.05) is 0 Å². The van der Waals surface area contributed by atoms with Crippen LogP contribution in [-0.4, -0.2) is 50.0 Å². The minimum atomic E-state index is -1.36. The van der Waals surface area contributed by atoms with Crippen LogP contribution in [0.4, 0.5) is 13.6 Å². The van der Waals surface area contributed by atoms with Gasteiger partial charge in [-0.3, -0.25) is 0 Å². The van der Waals surface area contributed by atoms with Crippen molar-refractivity contribution in [1.82, 2.24) is 5.32 Å². The third-order valence-corrected chi connectivity index (χ3v) is 4.07. The normalized spacial score (nSPS) is 18.3. The van der Waals surface area contributed by atoms with E-state index in [4.69, 9.17) is 9.47 Å². The van der Waals surface area contributed by atoms with Crippen molar-refractivity contribution in [2.45, 2.75) is 51.4 Å². The zero-order chi connectivity index (χ0) is 21.9. The third-order valence-electron chi connectivity index (χ3n) is 4.07. The zero-order valence-electron chi connectivity index (χ0n) is 16.8. The van der Waals surface area contributed by atoms with E-state index in [2.05, 4.69) is 14.8 Å². The Kier molecular flexibility index (Phi) is 6.66. The van der Waals surface area contributed by atoms with Crippen LogP contribution in [0.2, 0.25) is 0 Å². The molecule has 0 aliphatic heterocycles. The summed E-state index contributed by atoms with van der Waals surface area (Å²) in [5.41, 5.74) is -2.04. The van der Waals surface area contributed by atoms with Gasteiger partial charge < -0.3 is 24.3 Å².